The zero-order chi connectivity index (χ0) is 17.8. The molecule has 0 aliphatic rings. The molecule has 1 aromatic carbocycles. The van der Waals surface area contributed by atoms with Crippen molar-refractivity contribution >= 4 is 29.7 Å². The minimum absolute atomic E-state index is 0.0399. The molecule has 0 aliphatic carbocycles. The van der Waals surface area contributed by atoms with Crippen LogP contribution in [0.1, 0.15) is 12.0 Å². The average molecular weight is 325 g/mol. The predicted octanol–water partition coefficient (Wildman–Crippen LogP) is 0.353. The number of carbonyl (C=O) groups is 3. The number of carboxylic acid groups (broad SMARTS) is 3. The van der Waals surface area contributed by atoms with E-state index in [1.807, 2.05) is 0 Å². The Labute approximate surface area is 128 Å². The number of nitrogens with zero attached hydrogens (tertiary/aromatic N) is 1. The first-order valence-corrected chi connectivity index (χ1v) is 5.95. The Morgan fingerprint density at radius 3 is 2.00 bits per heavy atom. The molecule has 0 saturated carbocycles. The molecule has 4 N–H and O–H groups in total. The third-order valence-corrected chi connectivity index (χ3v) is 2.85. The largest absolute Gasteiger partial charge is 0.481 e. The summed E-state index contributed by atoms with van der Waals surface area (Å²) in [4.78, 5) is 42.9. The molecule has 1 rings (SSSR count). The molecule has 0 saturated heterocycles. The summed E-state index contributed by atoms with van der Waals surface area (Å²) >= 11 is 0. The van der Waals surface area contributed by atoms with Gasteiger partial charge in [0, 0.05) is 12.1 Å². The number of non-ortho nitro benzene ring substituents is 1. The predicted molar refractivity (Wildman–Crippen MR) is 73.5 cm³/mol. The summed E-state index contributed by atoms with van der Waals surface area (Å²) in [6, 6.07) is 4.35. The number of carboxylic acids is 3. The molecular weight excluding hydrogens is 314 g/mol. The third kappa shape index (κ3) is 4.11. The van der Waals surface area contributed by atoms with Crippen molar-refractivity contribution in [3.8, 4) is 0 Å². The Kier molecular flexibility index (Phi) is 5.15. The number of rotatable bonds is 7. The molecule has 122 valence electrons. The van der Waals surface area contributed by atoms with E-state index >= 15 is 0 Å². The molecule has 0 aliphatic heterocycles. The lowest BCUT2D eigenvalue weighted by atomic mass is 9.88. The van der Waals surface area contributed by atoms with Crippen molar-refractivity contribution in [1.29, 1.82) is 0 Å². The maximum atomic E-state index is 11.2. The number of hydrogen-bond donors (Lipinski definition) is 4. The molecule has 0 bridgehead atoms. The van der Waals surface area contributed by atoms with Gasteiger partial charge in [0.2, 0.25) is 5.60 Å². The number of aliphatic hydroxyl groups is 1. The van der Waals surface area contributed by atoms with Crippen molar-refractivity contribution < 1.29 is 39.7 Å². The van der Waals surface area contributed by atoms with Gasteiger partial charge < -0.3 is 20.4 Å². The van der Waals surface area contributed by atoms with E-state index < -0.39 is 40.4 Å². The second-order valence-corrected chi connectivity index (χ2v) is 4.45. The molecule has 0 aromatic heterocycles. The summed E-state index contributed by atoms with van der Waals surface area (Å²) in [5.74, 6) is -5.60. The lowest BCUT2D eigenvalue weighted by molar-refractivity contribution is -0.384. The highest BCUT2D eigenvalue weighted by molar-refractivity contribution is 6.04. The first-order valence-electron chi connectivity index (χ1n) is 5.95. The summed E-state index contributed by atoms with van der Waals surface area (Å²) in [5.41, 5.74) is -4.48. The van der Waals surface area contributed by atoms with Crippen LogP contribution in [0.4, 0.5) is 5.69 Å². The number of benzene rings is 1. The fraction of sp³-hybridized carbons (Fsp3) is 0.154. The summed E-state index contributed by atoms with van der Waals surface area (Å²) in [6.07, 6.45) is -0.628. The van der Waals surface area contributed by atoms with Crippen LogP contribution < -0.4 is 0 Å². The van der Waals surface area contributed by atoms with Gasteiger partial charge in [-0.05, 0) is 23.8 Å². The minimum atomic E-state index is -3.15. The van der Waals surface area contributed by atoms with Crippen LogP contribution in [0.5, 0.6) is 0 Å². The molecule has 10 nitrogen and oxygen atoms in total. The number of hydrogen-bond acceptors (Lipinski definition) is 6. The van der Waals surface area contributed by atoms with E-state index in [1.54, 1.807) is 0 Å². The molecule has 0 spiro atoms. The highest BCUT2D eigenvalue weighted by atomic mass is 16.6. The zero-order valence-electron chi connectivity index (χ0n) is 11.4. The van der Waals surface area contributed by atoms with E-state index in [4.69, 9.17) is 15.3 Å². The fourth-order valence-electron chi connectivity index (χ4n) is 1.72. The van der Waals surface area contributed by atoms with Gasteiger partial charge in [0.05, 0.1) is 16.9 Å². The van der Waals surface area contributed by atoms with E-state index in [0.717, 1.165) is 30.3 Å². The molecule has 10 heteroatoms. The van der Waals surface area contributed by atoms with Crippen LogP contribution in [0.15, 0.2) is 29.8 Å². The molecule has 23 heavy (non-hydrogen) atoms. The van der Waals surface area contributed by atoms with Gasteiger partial charge in [-0.25, -0.2) is 9.59 Å². The van der Waals surface area contributed by atoms with Crippen LogP contribution in [0.3, 0.4) is 0 Å². The molecular formula is C13H11NO9. The van der Waals surface area contributed by atoms with Crippen molar-refractivity contribution in [1.82, 2.24) is 0 Å². The Bertz CT molecular complexity index is 692. The van der Waals surface area contributed by atoms with Gasteiger partial charge >= 0.3 is 17.9 Å². The van der Waals surface area contributed by atoms with Gasteiger partial charge in [-0.1, -0.05) is 0 Å². The van der Waals surface area contributed by atoms with Crippen molar-refractivity contribution in [2.45, 2.75) is 12.0 Å². The molecule has 0 fully saturated rings. The lowest BCUT2D eigenvalue weighted by Crippen LogP contribution is -2.45. The Hall–Kier alpha value is -3.27. The van der Waals surface area contributed by atoms with Gasteiger partial charge in [0.1, 0.15) is 0 Å². The van der Waals surface area contributed by atoms with Crippen molar-refractivity contribution in [3.05, 3.63) is 45.5 Å². The standard InChI is InChI=1S/C13H11NO9/c15-10(16)6-13(21,12(19)20)9(11(17)18)5-7-1-3-8(4-2-7)14(22)23/h1-5,21H,6H2,(H,15,16)(H,17,18)(H,19,20). The monoisotopic (exact) mass is 325 g/mol. The van der Waals surface area contributed by atoms with E-state index in [9.17, 15) is 29.6 Å². The Balaban J connectivity index is 3.38. The van der Waals surface area contributed by atoms with Crippen LogP contribution in [-0.4, -0.2) is 48.9 Å². The van der Waals surface area contributed by atoms with Crippen LogP contribution in [0.25, 0.3) is 6.08 Å². The summed E-state index contributed by atoms with van der Waals surface area (Å²) in [7, 11) is 0. The first kappa shape index (κ1) is 17.8. The van der Waals surface area contributed by atoms with Crippen LogP contribution in [0.2, 0.25) is 0 Å². The molecule has 1 unspecified atom stereocenters. The topological polar surface area (TPSA) is 175 Å². The molecule has 1 atom stereocenters. The molecule has 0 radical (unpaired) electrons. The maximum Gasteiger partial charge on any atom is 0.341 e. The van der Waals surface area contributed by atoms with Crippen LogP contribution in [-0.2, 0) is 14.4 Å². The van der Waals surface area contributed by atoms with Crippen molar-refractivity contribution in [2.75, 3.05) is 0 Å². The van der Waals surface area contributed by atoms with E-state index in [2.05, 4.69) is 0 Å². The number of nitro benzene ring substituents is 1. The highest BCUT2D eigenvalue weighted by Crippen LogP contribution is 2.25. The third-order valence-electron chi connectivity index (χ3n) is 2.85. The maximum absolute atomic E-state index is 11.2. The average Bonchev–Trinajstić information content (AvgIpc) is 2.43. The summed E-state index contributed by atoms with van der Waals surface area (Å²) < 4.78 is 0. The molecule has 0 heterocycles. The van der Waals surface area contributed by atoms with Crippen LogP contribution >= 0.6 is 0 Å². The molecule has 0 amide bonds. The smallest absolute Gasteiger partial charge is 0.341 e. The van der Waals surface area contributed by atoms with Gasteiger partial charge in [-0.2, -0.15) is 0 Å². The molecule has 1 aromatic rings. The summed E-state index contributed by atoms with van der Waals surface area (Å²) in [6.45, 7) is 0. The van der Waals surface area contributed by atoms with Crippen molar-refractivity contribution in [3.63, 3.8) is 0 Å². The van der Waals surface area contributed by atoms with E-state index in [1.165, 1.54) is 0 Å². The normalized spacial score (nSPS) is 13.9. The minimum Gasteiger partial charge on any atom is -0.481 e. The van der Waals surface area contributed by atoms with E-state index in [-0.39, 0.29) is 11.3 Å². The zero-order valence-corrected chi connectivity index (χ0v) is 11.4. The van der Waals surface area contributed by atoms with Gasteiger partial charge in [0.25, 0.3) is 5.69 Å². The lowest BCUT2D eigenvalue weighted by Gasteiger charge is -2.22. The van der Waals surface area contributed by atoms with Crippen molar-refractivity contribution in [2.24, 2.45) is 0 Å². The van der Waals surface area contributed by atoms with Gasteiger partial charge in [0.15, 0.2) is 0 Å². The summed E-state index contributed by atoms with van der Waals surface area (Å²) in [5, 5.41) is 47.2. The Morgan fingerprint density at radius 1 is 1.13 bits per heavy atom. The number of nitro groups is 1. The SMILES string of the molecule is O=C(O)CC(O)(C(=O)O)C(=Cc1ccc([N+](=O)[O-])cc1)C(=O)O. The van der Waals surface area contributed by atoms with Crippen LogP contribution in [0, 0.1) is 10.1 Å². The highest BCUT2D eigenvalue weighted by Gasteiger charge is 2.45. The first-order chi connectivity index (χ1) is 10.6. The fourth-order valence-corrected chi connectivity index (χ4v) is 1.72. The second-order valence-electron chi connectivity index (χ2n) is 4.45. The second kappa shape index (κ2) is 6.66. The van der Waals surface area contributed by atoms with Gasteiger partial charge in [-0.15, -0.1) is 0 Å². The quantitative estimate of drug-likeness (QED) is 0.313. The Morgan fingerprint density at radius 2 is 1.65 bits per heavy atom. The number of aliphatic carboxylic acids is 3. The van der Waals surface area contributed by atoms with Gasteiger partial charge in [-0.3, -0.25) is 14.9 Å². The van der Waals surface area contributed by atoms with E-state index in [0.29, 0.717) is 0 Å².